The maximum absolute atomic E-state index is 13.6. The first-order valence-electron chi connectivity index (χ1n) is 11.9. The van der Waals surface area contributed by atoms with Crippen molar-refractivity contribution in [3.63, 3.8) is 0 Å². The molecule has 0 aliphatic rings. The molecule has 1 amide bonds. The summed E-state index contributed by atoms with van der Waals surface area (Å²) < 4.78 is 7.21. The zero-order valence-electron chi connectivity index (χ0n) is 20.2. The Morgan fingerprint density at radius 2 is 1.58 bits per heavy atom. The molecule has 7 nitrogen and oxygen atoms in total. The van der Waals surface area contributed by atoms with E-state index in [1.807, 2.05) is 48.5 Å². The number of rotatable bonds is 8. The minimum Gasteiger partial charge on any atom is -0.453 e. The summed E-state index contributed by atoms with van der Waals surface area (Å²) in [5.74, 6) is 0.534. The van der Waals surface area contributed by atoms with Gasteiger partial charge in [-0.25, -0.2) is 0 Å². The molecule has 2 N–H and O–H groups in total. The van der Waals surface area contributed by atoms with Gasteiger partial charge in [0.1, 0.15) is 5.75 Å². The van der Waals surface area contributed by atoms with Crippen molar-refractivity contribution >= 4 is 28.9 Å². The van der Waals surface area contributed by atoms with Crippen molar-refractivity contribution in [1.82, 2.24) is 15.1 Å². The van der Waals surface area contributed by atoms with E-state index in [-0.39, 0.29) is 17.3 Å². The number of hydrogen-bond acceptors (Lipinski definition) is 5. The van der Waals surface area contributed by atoms with E-state index >= 15 is 0 Å². The Morgan fingerprint density at radius 3 is 2.34 bits per heavy atom. The van der Waals surface area contributed by atoms with Crippen LogP contribution in [0.1, 0.15) is 15.9 Å². The van der Waals surface area contributed by atoms with Crippen LogP contribution in [0.4, 0.5) is 11.4 Å². The summed E-state index contributed by atoms with van der Waals surface area (Å²) >= 11 is 6.35. The molecule has 188 valence electrons. The van der Waals surface area contributed by atoms with Gasteiger partial charge in [0.25, 0.3) is 11.5 Å². The molecule has 38 heavy (non-hydrogen) atoms. The van der Waals surface area contributed by atoms with E-state index in [9.17, 15) is 9.59 Å². The monoisotopic (exact) mass is 522 g/mol. The second-order valence-corrected chi connectivity index (χ2v) is 8.75. The molecule has 0 aliphatic heterocycles. The van der Waals surface area contributed by atoms with E-state index in [0.717, 1.165) is 5.56 Å². The lowest BCUT2D eigenvalue weighted by Gasteiger charge is -2.15. The van der Waals surface area contributed by atoms with E-state index in [4.69, 9.17) is 16.3 Å². The van der Waals surface area contributed by atoms with Gasteiger partial charge in [-0.05, 0) is 48.0 Å². The Bertz CT molecular complexity index is 1620. The van der Waals surface area contributed by atoms with E-state index in [1.165, 1.54) is 10.9 Å². The molecule has 0 radical (unpaired) electrons. The van der Waals surface area contributed by atoms with Gasteiger partial charge in [-0.3, -0.25) is 9.59 Å². The molecule has 0 saturated heterocycles. The van der Waals surface area contributed by atoms with Crippen molar-refractivity contribution in [2.75, 3.05) is 5.32 Å². The SMILES string of the molecule is O=C(NCc1ccccc1)c1cccc(Nc2c(Oc3ccccc3)cnn(-c3ccccc3Cl)c2=O)c1. The number of carbonyl (C=O) groups is 1. The number of ether oxygens (including phenoxy) is 1. The normalized spacial score (nSPS) is 10.6. The highest BCUT2D eigenvalue weighted by molar-refractivity contribution is 6.32. The van der Waals surface area contributed by atoms with Gasteiger partial charge in [0.05, 0.1) is 16.9 Å². The Labute approximate surface area is 224 Å². The third kappa shape index (κ3) is 5.74. The van der Waals surface area contributed by atoms with Gasteiger partial charge in [0.15, 0.2) is 11.4 Å². The van der Waals surface area contributed by atoms with E-state index in [0.29, 0.717) is 34.3 Å². The van der Waals surface area contributed by atoms with Crippen LogP contribution < -0.4 is 20.9 Å². The fourth-order valence-corrected chi connectivity index (χ4v) is 4.02. The van der Waals surface area contributed by atoms with Crippen LogP contribution in [0.15, 0.2) is 120 Å². The lowest BCUT2D eigenvalue weighted by molar-refractivity contribution is 0.0951. The molecule has 0 atom stereocenters. The summed E-state index contributed by atoms with van der Waals surface area (Å²) in [5.41, 5.74) is 2.08. The third-order valence-electron chi connectivity index (χ3n) is 5.68. The van der Waals surface area contributed by atoms with Gasteiger partial charge in [-0.15, -0.1) is 0 Å². The van der Waals surface area contributed by atoms with Gasteiger partial charge in [0.2, 0.25) is 0 Å². The van der Waals surface area contributed by atoms with Gasteiger partial charge in [-0.1, -0.05) is 78.3 Å². The molecular formula is C30H23ClN4O3. The number of aromatic nitrogens is 2. The first-order valence-corrected chi connectivity index (χ1v) is 12.3. The lowest BCUT2D eigenvalue weighted by Crippen LogP contribution is -2.24. The predicted octanol–water partition coefficient (Wildman–Crippen LogP) is 6.35. The number of halogens is 1. The molecule has 0 saturated carbocycles. The average Bonchev–Trinajstić information content (AvgIpc) is 2.95. The Hall–Kier alpha value is -4.88. The topological polar surface area (TPSA) is 85.2 Å². The number of para-hydroxylation sites is 2. The molecule has 8 heteroatoms. The highest BCUT2D eigenvalue weighted by Crippen LogP contribution is 2.29. The van der Waals surface area contributed by atoms with Gasteiger partial charge >= 0.3 is 0 Å². The first-order chi connectivity index (χ1) is 18.6. The smallest absolute Gasteiger partial charge is 0.299 e. The Morgan fingerprint density at radius 1 is 0.868 bits per heavy atom. The van der Waals surface area contributed by atoms with Crippen molar-refractivity contribution in [3.05, 3.63) is 142 Å². The summed E-state index contributed by atoms with van der Waals surface area (Å²) in [6.45, 7) is 0.402. The molecule has 0 fully saturated rings. The minimum absolute atomic E-state index is 0.144. The molecule has 0 unspecified atom stereocenters. The Balaban J connectivity index is 1.47. The molecule has 5 aromatic rings. The molecule has 0 bridgehead atoms. The standard InChI is InChI=1S/C30H23ClN4O3/c31-25-16-7-8-17-26(25)35-30(37)28(27(20-33-35)38-24-14-5-2-6-15-24)34-23-13-9-12-22(18-23)29(36)32-19-21-10-3-1-4-11-21/h1-18,20,34H,19H2,(H,32,36). The van der Waals surface area contributed by atoms with Crippen LogP contribution in [0.5, 0.6) is 11.5 Å². The second kappa shape index (κ2) is 11.5. The summed E-state index contributed by atoms with van der Waals surface area (Å²) in [6.07, 6.45) is 1.45. The van der Waals surface area contributed by atoms with Crippen LogP contribution in [0.25, 0.3) is 5.69 Å². The molecule has 5 rings (SSSR count). The molecular weight excluding hydrogens is 500 g/mol. The van der Waals surface area contributed by atoms with Gasteiger partial charge in [-0.2, -0.15) is 9.78 Å². The lowest BCUT2D eigenvalue weighted by atomic mass is 10.1. The number of amides is 1. The van der Waals surface area contributed by atoms with Crippen LogP contribution in [-0.4, -0.2) is 15.7 Å². The van der Waals surface area contributed by atoms with Crippen molar-refractivity contribution in [3.8, 4) is 17.2 Å². The Kier molecular flexibility index (Phi) is 7.47. The van der Waals surface area contributed by atoms with E-state index in [2.05, 4.69) is 15.7 Å². The highest BCUT2D eigenvalue weighted by atomic mass is 35.5. The molecule has 0 aliphatic carbocycles. The van der Waals surface area contributed by atoms with Crippen molar-refractivity contribution in [2.24, 2.45) is 0 Å². The minimum atomic E-state index is -0.467. The van der Waals surface area contributed by atoms with Crippen LogP contribution in [0.3, 0.4) is 0 Å². The third-order valence-corrected chi connectivity index (χ3v) is 6.00. The van der Waals surface area contributed by atoms with E-state index < -0.39 is 5.56 Å². The molecule has 1 heterocycles. The fourth-order valence-electron chi connectivity index (χ4n) is 3.80. The zero-order chi connectivity index (χ0) is 26.3. The van der Waals surface area contributed by atoms with E-state index in [1.54, 1.807) is 60.7 Å². The van der Waals surface area contributed by atoms with Crippen molar-refractivity contribution in [2.45, 2.75) is 6.54 Å². The van der Waals surface area contributed by atoms with Crippen molar-refractivity contribution in [1.29, 1.82) is 0 Å². The largest absolute Gasteiger partial charge is 0.453 e. The van der Waals surface area contributed by atoms with Gasteiger partial charge in [0, 0.05) is 17.8 Å². The van der Waals surface area contributed by atoms with Crippen LogP contribution in [0, 0.1) is 0 Å². The number of nitrogens with zero attached hydrogens (tertiary/aromatic N) is 2. The summed E-state index contributed by atoms with van der Waals surface area (Å²) in [4.78, 5) is 26.5. The quantitative estimate of drug-likeness (QED) is 0.248. The number of anilines is 2. The summed E-state index contributed by atoms with van der Waals surface area (Å²) in [6, 6.07) is 32.6. The first kappa shape index (κ1) is 24.8. The predicted molar refractivity (Wildman–Crippen MR) is 149 cm³/mol. The molecule has 4 aromatic carbocycles. The van der Waals surface area contributed by atoms with Crippen molar-refractivity contribution < 1.29 is 9.53 Å². The van der Waals surface area contributed by atoms with Gasteiger partial charge < -0.3 is 15.4 Å². The number of benzene rings is 4. The zero-order valence-corrected chi connectivity index (χ0v) is 20.9. The van der Waals surface area contributed by atoms with Crippen LogP contribution in [0.2, 0.25) is 5.02 Å². The van der Waals surface area contributed by atoms with Crippen LogP contribution in [-0.2, 0) is 6.54 Å². The molecule has 0 spiro atoms. The summed E-state index contributed by atoms with van der Waals surface area (Å²) in [5, 5.41) is 10.7. The second-order valence-electron chi connectivity index (χ2n) is 8.34. The summed E-state index contributed by atoms with van der Waals surface area (Å²) in [7, 11) is 0. The van der Waals surface area contributed by atoms with Crippen LogP contribution >= 0.6 is 11.6 Å². The fraction of sp³-hybridized carbons (Fsp3) is 0.0333. The maximum Gasteiger partial charge on any atom is 0.299 e. The number of nitrogens with one attached hydrogen (secondary N) is 2. The average molecular weight is 523 g/mol. The number of hydrogen-bond donors (Lipinski definition) is 2. The highest BCUT2D eigenvalue weighted by Gasteiger charge is 2.17. The molecule has 1 aromatic heterocycles. The number of carbonyl (C=O) groups excluding carboxylic acids is 1. The maximum atomic E-state index is 13.6.